The largest absolute Gasteiger partial charge is 0.508 e. The van der Waals surface area contributed by atoms with Gasteiger partial charge in [0.1, 0.15) is 22.6 Å². The summed E-state index contributed by atoms with van der Waals surface area (Å²) >= 11 is 1.82. The highest BCUT2D eigenvalue weighted by Crippen LogP contribution is 2.53. The lowest BCUT2D eigenvalue weighted by atomic mass is 9.57. The second kappa shape index (κ2) is 13.9. The van der Waals surface area contributed by atoms with Crippen LogP contribution in [0.2, 0.25) is 0 Å². The number of hydrogen-bond donors (Lipinski definition) is 1. The lowest BCUT2D eigenvalue weighted by molar-refractivity contribution is 0.0386. The zero-order chi connectivity index (χ0) is 38.1. The summed E-state index contributed by atoms with van der Waals surface area (Å²) in [5, 5.41) is 20.4. The van der Waals surface area contributed by atoms with Crippen molar-refractivity contribution in [3.63, 3.8) is 0 Å². The van der Waals surface area contributed by atoms with E-state index in [1.807, 2.05) is 30.4 Å². The minimum Gasteiger partial charge on any atom is -0.508 e. The number of anilines is 1. The molecule has 4 heterocycles. The van der Waals surface area contributed by atoms with Crippen LogP contribution in [0, 0.1) is 32.1 Å². The van der Waals surface area contributed by atoms with E-state index in [1.54, 1.807) is 0 Å². The molecule has 284 valence electrons. The molecular weight excluding hydrogens is 707 g/mol. The Balaban J connectivity index is 0.821. The van der Waals surface area contributed by atoms with E-state index in [0.29, 0.717) is 17.1 Å². The van der Waals surface area contributed by atoms with E-state index in [1.165, 1.54) is 85.8 Å². The molecular formula is C49H51N5OS. The van der Waals surface area contributed by atoms with Gasteiger partial charge < -0.3 is 10.0 Å². The van der Waals surface area contributed by atoms with Crippen LogP contribution in [0.4, 0.5) is 5.69 Å². The number of benzene rings is 4. The molecule has 1 saturated heterocycles. The Kier molecular flexibility index (Phi) is 8.77. The molecule has 6 nitrogen and oxygen atoms in total. The molecule has 2 aliphatic heterocycles. The summed E-state index contributed by atoms with van der Waals surface area (Å²) < 4.78 is 2.22. The maximum Gasteiger partial charge on any atom is 0.162 e. The third-order valence-electron chi connectivity index (χ3n) is 13.6. The van der Waals surface area contributed by atoms with Gasteiger partial charge in [-0.15, -0.1) is 21.5 Å². The predicted molar refractivity (Wildman–Crippen MR) is 228 cm³/mol. The Morgan fingerprint density at radius 1 is 0.875 bits per heavy atom. The molecule has 2 aromatic heterocycles. The van der Waals surface area contributed by atoms with Crippen molar-refractivity contribution in [3.8, 4) is 10.8 Å². The van der Waals surface area contributed by atoms with Crippen molar-refractivity contribution in [3.05, 3.63) is 158 Å². The van der Waals surface area contributed by atoms with E-state index in [0.717, 1.165) is 55.6 Å². The first kappa shape index (κ1) is 35.4. The molecule has 1 N–H and O–H groups in total. The summed E-state index contributed by atoms with van der Waals surface area (Å²) in [5.74, 6) is 3.64. The van der Waals surface area contributed by atoms with Crippen molar-refractivity contribution in [2.45, 2.75) is 90.5 Å². The van der Waals surface area contributed by atoms with E-state index in [9.17, 15) is 5.11 Å². The fourth-order valence-electron chi connectivity index (χ4n) is 10.9. The maximum atomic E-state index is 10.3. The highest BCUT2D eigenvalue weighted by atomic mass is 32.1. The Morgan fingerprint density at radius 2 is 1.66 bits per heavy atom. The number of phenols is 1. The van der Waals surface area contributed by atoms with Gasteiger partial charge in [0.15, 0.2) is 5.82 Å². The van der Waals surface area contributed by atoms with Gasteiger partial charge in [0.25, 0.3) is 0 Å². The van der Waals surface area contributed by atoms with E-state index in [-0.39, 0.29) is 12.0 Å². The van der Waals surface area contributed by atoms with Gasteiger partial charge in [0, 0.05) is 40.7 Å². The molecule has 1 spiro atoms. The Labute approximate surface area is 335 Å². The minimum absolute atomic E-state index is 0.0676. The lowest BCUT2D eigenvalue weighted by Crippen LogP contribution is -2.51. The SMILES string of the molecule is Cc1sc2c(c1C)C(c1ccc(CC3CC4(CCCN(c5ccc([C@H]6c7ccc(O)cc7CC[C@H]6c6ccccc6)cc5)C4)C3)cc1)=N[C@@H](C)c1nnc(C)n1-2. The van der Waals surface area contributed by atoms with Crippen molar-refractivity contribution in [2.24, 2.45) is 16.3 Å². The molecule has 2 fully saturated rings. The summed E-state index contributed by atoms with van der Waals surface area (Å²) in [6, 6.07) is 35.8. The first-order valence-electron chi connectivity index (χ1n) is 20.6. The van der Waals surface area contributed by atoms with Crippen LogP contribution in [0.25, 0.3) is 5.00 Å². The van der Waals surface area contributed by atoms with Crippen molar-refractivity contribution in [1.82, 2.24) is 14.8 Å². The van der Waals surface area contributed by atoms with Crippen molar-refractivity contribution in [1.29, 1.82) is 0 Å². The second-order valence-corrected chi connectivity index (χ2v) is 18.5. The second-order valence-electron chi connectivity index (χ2n) is 17.3. The number of hydrogen-bond acceptors (Lipinski definition) is 6. The van der Waals surface area contributed by atoms with Crippen LogP contribution in [-0.2, 0) is 12.8 Å². The van der Waals surface area contributed by atoms with E-state index in [4.69, 9.17) is 4.99 Å². The number of piperidine rings is 1. The summed E-state index contributed by atoms with van der Waals surface area (Å²) in [5.41, 5.74) is 13.4. The number of fused-ring (bicyclic) bond motifs is 4. The highest BCUT2D eigenvalue weighted by Gasteiger charge is 2.46. The molecule has 10 rings (SSSR count). The summed E-state index contributed by atoms with van der Waals surface area (Å²) in [6.07, 6.45) is 8.45. The average molecular weight is 758 g/mol. The highest BCUT2D eigenvalue weighted by molar-refractivity contribution is 7.15. The molecule has 0 unspecified atom stereocenters. The molecule has 1 saturated carbocycles. The fraction of sp³-hybridized carbons (Fsp3) is 0.367. The summed E-state index contributed by atoms with van der Waals surface area (Å²) in [6.45, 7) is 10.9. The quantitative estimate of drug-likeness (QED) is 0.184. The van der Waals surface area contributed by atoms with Gasteiger partial charge in [-0.25, -0.2) is 0 Å². The van der Waals surface area contributed by atoms with E-state index >= 15 is 0 Å². The Hall–Kier alpha value is -5.01. The van der Waals surface area contributed by atoms with Gasteiger partial charge in [-0.3, -0.25) is 9.56 Å². The standard InChI is InChI=1S/C49H51N5OS/c1-30-32(3)56-48-44(30)46(50-31(2)47-52-51-33(4)54(47)48)38-13-11-34(12-14-38)25-35-27-49(28-35)23-8-24-53(29-49)40-18-15-37(16-19-40)45-42(36-9-6-5-7-10-36)21-17-39-26-41(55)20-22-43(39)45/h5-7,9-16,18-20,22,26,31,35,42,45,55H,8,17,21,23-25,27-29H2,1-4H3/t31-,35?,42-,45+,49?/m0/s1. The van der Waals surface area contributed by atoms with Crippen LogP contribution in [0.3, 0.4) is 0 Å². The third-order valence-corrected chi connectivity index (χ3v) is 14.8. The fourth-order valence-corrected chi connectivity index (χ4v) is 12.1. The van der Waals surface area contributed by atoms with Crippen LogP contribution in [0.15, 0.2) is 102 Å². The molecule has 2 aliphatic carbocycles. The van der Waals surface area contributed by atoms with Gasteiger partial charge in [0.05, 0.1) is 5.71 Å². The number of aliphatic imine (C=N–C) groups is 1. The number of aromatic hydroxyl groups is 1. The molecule has 0 bridgehead atoms. The van der Waals surface area contributed by atoms with Crippen LogP contribution in [0.1, 0.15) is 118 Å². The smallest absolute Gasteiger partial charge is 0.162 e. The zero-order valence-corrected chi connectivity index (χ0v) is 33.8. The molecule has 0 amide bonds. The molecule has 3 atom stereocenters. The molecule has 56 heavy (non-hydrogen) atoms. The molecule has 7 heteroatoms. The van der Waals surface area contributed by atoms with Gasteiger partial charge in [0.2, 0.25) is 0 Å². The first-order chi connectivity index (χ1) is 27.2. The van der Waals surface area contributed by atoms with Crippen LogP contribution >= 0.6 is 11.3 Å². The summed E-state index contributed by atoms with van der Waals surface area (Å²) in [4.78, 5) is 9.25. The number of rotatable bonds is 6. The van der Waals surface area contributed by atoms with Gasteiger partial charge >= 0.3 is 0 Å². The third kappa shape index (κ3) is 6.10. The Bertz CT molecular complexity index is 2440. The van der Waals surface area contributed by atoms with Gasteiger partial charge in [-0.1, -0.05) is 72.8 Å². The van der Waals surface area contributed by atoms with Crippen molar-refractivity contribution in [2.75, 3.05) is 18.0 Å². The van der Waals surface area contributed by atoms with Crippen LogP contribution in [0.5, 0.6) is 5.75 Å². The topological polar surface area (TPSA) is 66.5 Å². The molecule has 4 aliphatic rings. The number of thiophene rings is 1. The molecule has 6 aromatic rings. The Morgan fingerprint density at radius 3 is 2.45 bits per heavy atom. The minimum atomic E-state index is -0.0676. The summed E-state index contributed by atoms with van der Waals surface area (Å²) in [7, 11) is 0. The number of nitrogens with zero attached hydrogens (tertiary/aromatic N) is 5. The van der Waals surface area contributed by atoms with E-state index < -0.39 is 0 Å². The molecule has 0 radical (unpaired) electrons. The lowest BCUT2D eigenvalue weighted by Gasteiger charge is -2.54. The number of phenolic OH excluding ortho intramolecular Hbond substituents is 1. The monoisotopic (exact) mass is 757 g/mol. The molecule has 4 aromatic carbocycles. The van der Waals surface area contributed by atoms with Crippen LogP contribution < -0.4 is 4.90 Å². The van der Waals surface area contributed by atoms with Crippen molar-refractivity contribution >= 4 is 22.7 Å². The van der Waals surface area contributed by atoms with Gasteiger partial charge in [-0.05, 0) is 148 Å². The first-order valence-corrected chi connectivity index (χ1v) is 21.5. The normalized spacial score (nSPS) is 24.1. The van der Waals surface area contributed by atoms with Crippen molar-refractivity contribution < 1.29 is 5.11 Å². The van der Waals surface area contributed by atoms with Gasteiger partial charge in [-0.2, -0.15) is 0 Å². The number of aromatic nitrogens is 3. The number of aryl methyl sites for hydroxylation is 3. The zero-order valence-electron chi connectivity index (χ0n) is 33.0. The van der Waals surface area contributed by atoms with Crippen LogP contribution in [-0.4, -0.2) is 38.7 Å². The maximum absolute atomic E-state index is 10.3. The predicted octanol–water partition coefficient (Wildman–Crippen LogP) is 11.0. The van der Waals surface area contributed by atoms with E-state index in [2.05, 4.69) is 125 Å². The average Bonchev–Trinajstić information content (AvgIpc) is 3.70.